The first-order chi connectivity index (χ1) is 10.0. The van der Waals surface area contributed by atoms with Crippen LogP contribution in [-0.2, 0) is 4.79 Å². The highest BCUT2D eigenvalue weighted by atomic mass is 16.3. The maximum Gasteiger partial charge on any atom is 0.207 e. The van der Waals surface area contributed by atoms with Gasteiger partial charge >= 0.3 is 0 Å². The van der Waals surface area contributed by atoms with Crippen LogP contribution in [0.1, 0.15) is 26.2 Å². The summed E-state index contributed by atoms with van der Waals surface area (Å²) >= 11 is 0. The van der Waals surface area contributed by atoms with Gasteiger partial charge in [-0.25, -0.2) is 0 Å². The number of nitrogens with zero attached hydrogens (tertiary/aromatic N) is 1. The van der Waals surface area contributed by atoms with E-state index in [-0.39, 0.29) is 0 Å². The molecule has 6 N–H and O–H groups in total. The molecule has 0 bridgehead atoms. The van der Waals surface area contributed by atoms with E-state index >= 15 is 0 Å². The summed E-state index contributed by atoms with van der Waals surface area (Å²) in [4.78, 5) is 14.4. The van der Waals surface area contributed by atoms with Crippen molar-refractivity contribution in [1.29, 1.82) is 0 Å². The van der Waals surface area contributed by atoms with Gasteiger partial charge in [-0.3, -0.25) is 9.79 Å². The predicted molar refractivity (Wildman–Crippen MR) is 84.5 cm³/mol. The van der Waals surface area contributed by atoms with Crippen molar-refractivity contribution < 1.29 is 9.90 Å². The second-order valence-electron chi connectivity index (χ2n) is 4.99. The molecule has 116 valence electrons. The van der Waals surface area contributed by atoms with Crippen LogP contribution in [0.3, 0.4) is 0 Å². The first-order valence-corrected chi connectivity index (χ1v) is 7.03. The molecule has 0 spiro atoms. The number of carbonyl (C=O) groups excluding carboxylic acids is 1. The molecule has 0 aromatic carbocycles. The molecule has 0 aromatic heterocycles. The molecular formula is C15H24N4O2. The van der Waals surface area contributed by atoms with Crippen LogP contribution >= 0.6 is 0 Å². The summed E-state index contributed by atoms with van der Waals surface area (Å²) in [5.74, 6) is 0.472. The van der Waals surface area contributed by atoms with E-state index < -0.39 is 6.23 Å². The fraction of sp³-hybridized carbons (Fsp3) is 0.467. The van der Waals surface area contributed by atoms with Gasteiger partial charge in [-0.2, -0.15) is 0 Å². The van der Waals surface area contributed by atoms with Gasteiger partial charge in [-0.1, -0.05) is 23.8 Å². The second kappa shape index (κ2) is 9.10. The summed E-state index contributed by atoms with van der Waals surface area (Å²) < 4.78 is 0. The van der Waals surface area contributed by atoms with Crippen molar-refractivity contribution in [3.05, 3.63) is 34.9 Å². The van der Waals surface area contributed by atoms with Gasteiger partial charge in [-0.05, 0) is 30.9 Å². The molecule has 0 aromatic rings. The van der Waals surface area contributed by atoms with Gasteiger partial charge in [0.2, 0.25) is 6.41 Å². The van der Waals surface area contributed by atoms with Crippen LogP contribution in [0.2, 0.25) is 0 Å². The lowest BCUT2D eigenvalue weighted by molar-refractivity contribution is -0.109. The fourth-order valence-electron chi connectivity index (χ4n) is 1.96. The molecule has 0 saturated carbocycles. The highest BCUT2D eigenvalue weighted by molar-refractivity contribution is 5.98. The van der Waals surface area contributed by atoms with Gasteiger partial charge in [-0.15, -0.1) is 0 Å². The lowest BCUT2D eigenvalue weighted by Gasteiger charge is -2.12. The van der Waals surface area contributed by atoms with E-state index in [1.54, 1.807) is 0 Å². The monoisotopic (exact) mass is 292 g/mol. The number of hydrogen-bond acceptors (Lipinski definition) is 4. The molecule has 0 saturated heterocycles. The molecule has 1 atom stereocenters. The van der Waals surface area contributed by atoms with Crippen molar-refractivity contribution in [2.75, 3.05) is 13.1 Å². The van der Waals surface area contributed by atoms with Crippen LogP contribution in [0.25, 0.3) is 0 Å². The third kappa shape index (κ3) is 6.37. The molecule has 1 rings (SSSR count). The maximum atomic E-state index is 10.1. The molecule has 0 heterocycles. The molecule has 6 nitrogen and oxygen atoms in total. The SMILES string of the molecule is CC1=CC=C(C(N)O)CC(C(N)=NCCCCNC=O)=C1. The number of carbonyl (C=O) groups is 1. The van der Waals surface area contributed by atoms with Crippen molar-refractivity contribution in [3.8, 4) is 0 Å². The van der Waals surface area contributed by atoms with E-state index in [0.29, 0.717) is 37.3 Å². The van der Waals surface area contributed by atoms with Crippen molar-refractivity contribution in [3.63, 3.8) is 0 Å². The van der Waals surface area contributed by atoms with Crippen LogP contribution in [0.15, 0.2) is 39.9 Å². The van der Waals surface area contributed by atoms with Crippen molar-refractivity contribution in [2.45, 2.75) is 32.4 Å². The van der Waals surface area contributed by atoms with Crippen molar-refractivity contribution in [2.24, 2.45) is 16.5 Å². The highest BCUT2D eigenvalue weighted by Crippen LogP contribution is 2.19. The first-order valence-electron chi connectivity index (χ1n) is 7.03. The zero-order chi connectivity index (χ0) is 15.7. The Morgan fingerprint density at radius 3 is 2.95 bits per heavy atom. The molecule has 0 radical (unpaired) electrons. The van der Waals surface area contributed by atoms with E-state index in [0.717, 1.165) is 24.0 Å². The first kappa shape index (κ1) is 17.1. The Hall–Kier alpha value is -1.92. The van der Waals surface area contributed by atoms with E-state index in [1.807, 2.05) is 25.2 Å². The Bertz CT molecular complexity index is 476. The standard InChI is InChI=1S/C15H24N4O2/c1-11-4-5-12(15(17)21)9-13(8-11)14(16)19-7-3-2-6-18-10-20/h4-5,8,10,15,21H,2-3,6-7,9,17H2,1H3,(H2,16,19)(H,18,20). The second-order valence-corrected chi connectivity index (χ2v) is 4.99. The van der Waals surface area contributed by atoms with Gasteiger partial charge in [0.25, 0.3) is 0 Å². The van der Waals surface area contributed by atoms with Crippen LogP contribution in [0, 0.1) is 0 Å². The number of aliphatic hydroxyl groups is 1. The van der Waals surface area contributed by atoms with E-state index in [4.69, 9.17) is 11.5 Å². The fourth-order valence-corrected chi connectivity index (χ4v) is 1.96. The van der Waals surface area contributed by atoms with Gasteiger partial charge < -0.3 is 21.9 Å². The van der Waals surface area contributed by atoms with Crippen molar-refractivity contribution >= 4 is 12.2 Å². The Labute approximate surface area is 125 Å². The molecular weight excluding hydrogens is 268 g/mol. The normalized spacial score (nSPS) is 17.3. The average molecular weight is 292 g/mol. The van der Waals surface area contributed by atoms with Crippen LogP contribution < -0.4 is 16.8 Å². The zero-order valence-corrected chi connectivity index (χ0v) is 12.4. The smallest absolute Gasteiger partial charge is 0.207 e. The molecule has 6 heteroatoms. The third-order valence-electron chi connectivity index (χ3n) is 3.16. The zero-order valence-electron chi connectivity index (χ0n) is 12.4. The van der Waals surface area contributed by atoms with Gasteiger partial charge in [0.05, 0.1) is 0 Å². The van der Waals surface area contributed by atoms with Crippen LogP contribution in [0.5, 0.6) is 0 Å². The summed E-state index contributed by atoms with van der Waals surface area (Å²) in [5.41, 5.74) is 14.2. The number of aliphatic imine (C=N–C) groups is 1. The third-order valence-corrected chi connectivity index (χ3v) is 3.16. The Balaban J connectivity index is 2.59. The minimum absolute atomic E-state index is 0.472. The van der Waals surface area contributed by atoms with Gasteiger partial charge in [0, 0.05) is 19.5 Å². The molecule has 0 fully saturated rings. The van der Waals surface area contributed by atoms with Crippen LogP contribution in [0.4, 0.5) is 0 Å². The van der Waals surface area contributed by atoms with E-state index in [2.05, 4.69) is 10.3 Å². The Morgan fingerprint density at radius 2 is 2.29 bits per heavy atom. The summed E-state index contributed by atoms with van der Waals surface area (Å²) in [5, 5.41) is 12.1. The lowest BCUT2D eigenvalue weighted by atomic mass is 10.0. The van der Waals surface area contributed by atoms with E-state index in [9.17, 15) is 9.90 Å². The summed E-state index contributed by atoms with van der Waals surface area (Å²) in [6.07, 6.45) is 7.59. The lowest BCUT2D eigenvalue weighted by Crippen LogP contribution is -2.24. The number of amides is 1. The summed E-state index contributed by atoms with van der Waals surface area (Å²) in [6.45, 7) is 3.22. The minimum atomic E-state index is -0.988. The van der Waals surface area contributed by atoms with Gasteiger partial charge in [0.15, 0.2) is 0 Å². The average Bonchev–Trinajstić information content (AvgIpc) is 2.64. The highest BCUT2D eigenvalue weighted by Gasteiger charge is 2.13. The maximum absolute atomic E-state index is 10.1. The van der Waals surface area contributed by atoms with Crippen LogP contribution in [-0.4, -0.2) is 36.7 Å². The van der Waals surface area contributed by atoms with Crippen molar-refractivity contribution in [1.82, 2.24) is 5.32 Å². The minimum Gasteiger partial charge on any atom is -0.384 e. The Morgan fingerprint density at radius 1 is 1.52 bits per heavy atom. The predicted octanol–water partition coefficient (Wildman–Crippen LogP) is 0.350. The number of nitrogens with two attached hydrogens (primary N) is 2. The quantitative estimate of drug-likeness (QED) is 0.170. The molecule has 1 aliphatic rings. The summed E-state index contributed by atoms with van der Waals surface area (Å²) in [6, 6.07) is 0. The largest absolute Gasteiger partial charge is 0.384 e. The molecule has 1 unspecified atom stereocenters. The number of rotatable bonds is 8. The number of unbranched alkanes of at least 4 members (excludes halogenated alkanes) is 1. The molecule has 0 aliphatic heterocycles. The summed E-state index contributed by atoms with van der Waals surface area (Å²) in [7, 11) is 0. The van der Waals surface area contributed by atoms with Gasteiger partial charge in [0.1, 0.15) is 12.1 Å². The topological polar surface area (TPSA) is 114 Å². The van der Waals surface area contributed by atoms with E-state index in [1.165, 1.54) is 0 Å². The molecule has 1 amide bonds. The number of nitrogens with one attached hydrogen (secondary N) is 1. The molecule has 21 heavy (non-hydrogen) atoms. The number of aliphatic hydroxyl groups excluding tert-OH is 1. The number of allylic oxidation sites excluding steroid dienone is 4. The number of hydrogen-bond donors (Lipinski definition) is 4. The Kier molecular flexibility index (Phi) is 7.42. The molecule has 1 aliphatic carbocycles. The number of amidine groups is 1.